The fourth-order valence-corrected chi connectivity index (χ4v) is 1.00. The first-order valence-electron chi connectivity index (χ1n) is 3.72. The number of alkyl halides is 2. The molecule has 1 rings (SSSR count). The topological polar surface area (TPSA) is 42.4 Å². The first-order chi connectivity index (χ1) is 6.61. The second kappa shape index (κ2) is 4.28. The zero-order chi connectivity index (χ0) is 10.7. The third-order valence-electron chi connectivity index (χ3n) is 1.70. The van der Waals surface area contributed by atoms with E-state index in [4.69, 9.17) is 5.11 Å². The van der Waals surface area contributed by atoms with Crippen LogP contribution in [0.1, 0.15) is 17.7 Å². The van der Waals surface area contributed by atoms with E-state index in [-0.39, 0.29) is 5.75 Å². The maximum Gasteiger partial charge on any atom is 0.280 e. The minimum atomic E-state index is -2.92. The lowest BCUT2D eigenvalue weighted by Gasteiger charge is -2.09. The van der Waals surface area contributed by atoms with Crippen molar-refractivity contribution in [2.24, 2.45) is 0 Å². The molecule has 1 aromatic rings. The van der Waals surface area contributed by atoms with Gasteiger partial charge >= 0.3 is 0 Å². The molecule has 0 saturated carbocycles. The minimum absolute atomic E-state index is 0.265. The molecule has 78 valence electrons. The van der Waals surface area contributed by atoms with Crippen molar-refractivity contribution in [3.8, 4) is 5.75 Å². The Labute approximate surface area is 78.2 Å². The fraction of sp³-hybridized carbons (Fsp3) is 0.375. The molecule has 0 amide bonds. The van der Waals surface area contributed by atoms with Crippen LogP contribution in [0.4, 0.5) is 13.2 Å². The summed E-state index contributed by atoms with van der Waals surface area (Å²) in [6.07, 6.45) is -2.06. The van der Waals surface area contributed by atoms with Crippen LogP contribution < -0.4 is 4.74 Å². The highest BCUT2D eigenvalue weighted by molar-refractivity contribution is 5.32. The molecule has 14 heavy (non-hydrogen) atoms. The van der Waals surface area contributed by atoms with E-state index in [9.17, 15) is 13.2 Å². The Morgan fingerprint density at radius 1 is 1.57 bits per heavy atom. The average molecular weight is 207 g/mol. The summed E-state index contributed by atoms with van der Waals surface area (Å²) in [5, 5.41) is 8.70. The molecule has 1 heterocycles. The predicted molar refractivity (Wildman–Crippen MR) is 41.6 cm³/mol. The molecule has 0 saturated heterocycles. The van der Waals surface area contributed by atoms with E-state index in [1.54, 1.807) is 0 Å². The first kappa shape index (κ1) is 10.8. The predicted octanol–water partition coefficient (Wildman–Crippen LogP) is 1.66. The van der Waals surface area contributed by atoms with Crippen LogP contribution in [0.2, 0.25) is 0 Å². The Morgan fingerprint density at radius 3 is 2.64 bits per heavy atom. The Hall–Kier alpha value is -1.30. The van der Waals surface area contributed by atoms with Gasteiger partial charge in [0.25, 0.3) is 6.43 Å². The molecule has 0 unspecified atom stereocenters. The summed E-state index contributed by atoms with van der Waals surface area (Å²) >= 11 is 0. The maximum atomic E-state index is 13.2. The van der Waals surface area contributed by atoms with Crippen molar-refractivity contribution in [3.05, 3.63) is 23.3 Å². The molecule has 0 aliphatic rings. The summed E-state index contributed by atoms with van der Waals surface area (Å²) in [5.41, 5.74) is -1.29. The Kier molecular flexibility index (Phi) is 3.29. The number of ether oxygens (including phenoxy) is 1. The van der Waals surface area contributed by atoms with Crippen LogP contribution in [-0.2, 0) is 6.61 Å². The first-order valence-corrected chi connectivity index (χ1v) is 3.72. The lowest BCUT2D eigenvalue weighted by atomic mass is 10.2. The van der Waals surface area contributed by atoms with Crippen molar-refractivity contribution in [2.75, 3.05) is 7.11 Å². The molecule has 3 nitrogen and oxygen atoms in total. The third kappa shape index (κ3) is 1.79. The van der Waals surface area contributed by atoms with Gasteiger partial charge in [-0.2, -0.15) is 0 Å². The van der Waals surface area contributed by atoms with E-state index in [2.05, 4.69) is 9.72 Å². The van der Waals surface area contributed by atoms with E-state index >= 15 is 0 Å². The molecule has 0 aliphatic heterocycles. The smallest absolute Gasteiger partial charge is 0.280 e. The molecule has 1 N–H and O–H groups in total. The van der Waals surface area contributed by atoms with Gasteiger partial charge in [0.05, 0.1) is 19.9 Å². The van der Waals surface area contributed by atoms with Gasteiger partial charge < -0.3 is 9.84 Å². The van der Waals surface area contributed by atoms with Gasteiger partial charge in [-0.05, 0) is 0 Å². The largest absolute Gasteiger partial charge is 0.492 e. The minimum Gasteiger partial charge on any atom is -0.492 e. The Bertz CT molecular complexity index is 331. The highest BCUT2D eigenvalue weighted by atomic mass is 19.3. The summed E-state index contributed by atoms with van der Waals surface area (Å²) in [6.45, 7) is -0.838. The summed E-state index contributed by atoms with van der Waals surface area (Å²) in [7, 11) is 1.18. The highest BCUT2D eigenvalue weighted by Crippen LogP contribution is 2.27. The summed E-state index contributed by atoms with van der Waals surface area (Å²) in [4.78, 5) is 3.31. The van der Waals surface area contributed by atoms with Gasteiger partial charge in [-0.3, -0.25) is 4.98 Å². The molecule has 0 atom stereocenters. The lowest BCUT2D eigenvalue weighted by molar-refractivity contribution is 0.140. The number of aromatic nitrogens is 1. The van der Waals surface area contributed by atoms with E-state index in [1.165, 1.54) is 7.11 Å². The number of aliphatic hydroxyl groups excluding tert-OH is 1. The van der Waals surface area contributed by atoms with Gasteiger partial charge in [0.1, 0.15) is 5.69 Å². The quantitative estimate of drug-likeness (QED) is 0.819. The second-order valence-corrected chi connectivity index (χ2v) is 2.46. The number of rotatable bonds is 3. The number of methoxy groups -OCH3 is 1. The van der Waals surface area contributed by atoms with Crippen molar-refractivity contribution in [2.45, 2.75) is 13.0 Å². The average Bonchev–Trinajstić information content (AvgIpc) is 2.17. The molecule has 6 heteroatoms. The third-order valence-corrected chi connectivity index (χ3v) is 1.70. The van der Waals surface area contributed by atoms with Crippen molar-refractivity contribution in [3.63, 3.8) is 0 Å². The van der Waals surface area contributed by atoms with Gasteiger partial charge in [0.2, 0.25) is 0 Å². The fourth-order valence-electron chi connectivity index (χ4n) is 1.00. The van der Waals surface area contributed by atoms with E-state index in [0.29, 0.717) is 0 Å². The van der Waals surface area contributed by atoms with Crippen molar-refractivity contribution < 1.29 is 23.0 Å². The number of pyridine rings is 1. The number of hydrogen-bond donors (Lipinski definition) is 1. The number of halogens is 3. The van der Waals surface area contributed by atoms with Crippen LogP contribution in [0.3, 0.4) is 0 Å². The van der Waals surface area contributed by atoms with Crippen LogP contribution in [0.25, 0.3) is 0 Å². The van der Waals surface area contributed by atoms with Gasteiger partial charge in [0.15, 0.2) is 11.6 Å². The van der Waals surface area contributed by atoms with Crippen molar-refractivity contribution in [1.82, 2.24) is 4.98 Å². The monoisotopic (exact) mass is 207 g/mol. The standard InChI is InChI=1S/C8H8F3NO2/c1-14-5-2-12-7(8(10)11)4(3-13)6(5)9/h2,8,13H,3H2,1H3. The molecular formula is C8H8F3NO2. The lowest BCUT2D eigenvalue weighted by Crippen LogP contribution is -2.04. The highest BCUT2D eigenvalue weighted by Gasteiger charge is 2.20. The summed E-state index contributed by atoms with van der Waals surface area (Å²) in [5.74, 6) is -1.27. The molecular weight excluding hydrogens is 199 g/mol. The normalized spacial score (nSPS) is 10.7. The number of hydrogen-bond acceptors (Lipinski definition) is 3. The van der Waals surface area contributed by atoms with E-state index < -0.39 is 30.1 Å². The Balaban J connectivity index is 3.28. The van der Waals surface area contributed by atoms with Gasteiger partial charge in [-0.15, -0.1) is 0 Å². The van der Waals surface area contributed by atoms with Gasteiger partial charge in [-0.1, -0.05) is 0 Å². The second-order valence-electron chi connectivity index (χ2n) is 2.46. The van der Waals surface area contributed by atoms with E-state index in [0.717, 1.165) is 6.20 Å². The SMILES string of the molecule is COc1cnc(C(F)F)c(CO)c1F. The van der Waals surface area contributed by atoms with Crippen molar-refractivity contribution >= 4 is 0 Å². The molecule has 0 bridgehead atoms. The van der Waals surface area contributed by atoms with Gasteiger partial charge in [-0.25, -0.2) is 13.2 Å². The molecule has 0 aliphatic carbocycles. The molecule has 0 radical (unpaired) electrons. The number of nitrogens with zero attached hydrogens (tertiary/aromatic N) is 1. The summed E-state index contributed by atoms with van der Waals surface area (Å²) < 4.78 is 42.3. The van der Waals surface area contributed by atoms with Crippen LogP contribution in [0.15, 0.2) is 6.20 Å². The Morgan fingerprint density at radius 2 is 2.21 bits per heavy atom. The molecule has 0 fully saturated rings. The zero-order valence-electron chi connectivity index (χ0n) is 7.30. The van der Waals surface area contributed by atoms with Crippen molar-refractivity contribution in [1.29, 1.82) is 0 Å². The van der Waals surface area contributed by atoms with Crippen LogP contribution in [0.5, 0.6) is 5.75 Å². The molecule has 0 spiro atoms. The number of aliphatic hydroxyl groups is 1. The molecule has 1 aromatic heterocycles. The van der Waals surface area contributed by atoms with Gasteiger partial charge in [0, 0.05) is 5.56 Å². The maximum absolute atomic E-state index is 13.2. The molecule has 0 aromatic carbocycles. The van der Waals surface area contributed by atoms with Crippen LogP contribution in [-0.4, -0.2) is 17.2 Å². The summed E-state index contributed by atoms with van der Waals surface area (Å²) in [6, 6.07) is 0. The van der Waals surface area contributed by atoms with E-state index in [1.807, 2.05) is 0 Å². The van der Waals surface area contributed by atoms with Crippen LogP contribution >= 0.6 is 0 Å². The zero-order valence-corrected chi connectivity index (χ0v) is 7.30. The van der Waals surface area contributed by atoms with Crippen LogP contribution in [0, 0.1) is 5.82 Å².